The van der Waals surface area contributed by atoms with Crippen LogP contribution in [0.15, 0.2) is 82.9 Å². The number of carbonyl (C=O) groups excluding carboxylic acids is 1. The highest BCUT2D eigenvalue weighted by atomic mass is 35.5. The number of aliphatic imine (C=N–C) groups is 1. The number of hydrogen-bond donors (Lipinski definition) is 2. The summed E-state index contributed by atoms with van der Waals surface area (Å²) in [5, 5.41) is 13.3. The number of alkyl halides is 1. The van der Waals surface area contributed by atoms with Gasteiger partial charge in [0.15, 0.2) is 0 Å². The molecule has 0 fully saturated rings. The molecule has 1 amide bonds. The predicted octanol–water partition coefficient (Wildman–Crippen LogP) is 8.15. The highest BCUT2D eigenvalue weighted by Crippen LogP contribution is 2.58. The van der Waals surface area contributed by atoms with E-state index in [-0.39, 0.29) is 5.91 Å². The zero-order chi connectivity index (χ0) is 30.1. The van der Waals surface area contributed by atoms with Crippen LogP contribution in [0, 0.1) is 13.8 Å². The summed E-state index contributed by atoms with van der Waals surface area (Å²) < 4.78 is 6.64. The van der Waals surface area contributed by atoms with Crippen molar-refractivity contribution in [1.29, 1.82) is 0 Å². The van der Waals surface area contributed by atoms with Crippen molar-refractivity contribution >= 4 is 47.0 Å². The van der Waals surface area contributed by atoms with Crippen molar-refractivity contribution in [1.82, 2.24) is 5.01 Å². The van der Waals surface area contributed by atoms with Gasteiger partial charge in [0.05, 0.1) is 11.9 Å². The number of aryl methyl sites for hydroxylation is 2. The molecule has 4 aromatic rings. The number of nitrogens with zero attached hydrogens (tertiary/aromatic N) is 3. The van der Waals surface area contributed by atoms with Gasteiger partial charge in [-0.05, 0) is 74.7 Å². The van der Waals surface area contributed by atoms with Crippen molar-refractivity contribution in [2.45, 2.75) is 39.1 Å². The number of rotatable bonds is 8. The standard InChI is InChI=1S/C35H34ClN5O2/c1-5-37-30-19-32-28(17-22(30)3)35(29-18-23(4)31(38-6-2)20-33(29)43-32)27-10-8-7-9-26(27)34(42)41(35)40-16-15-39-25-13-11-24(21-36)12-14-25/h7-20,37-38H,5-6,21H2,1-4H3. The van der Waals surface area contributed by atoms with Gasteiger partial charge in [-0.25, -0.2) is 5.01 Å². The third-order valence-electron chi connectivity index (χ3n) is 8.01. The van der Waals surface area contributed by atoms with Gasteiger partial charge in [-0.3, -0.25) is 9.79 Å². The number of carbonyl (C=O) groups is 1. The maximum absolute atomic E-state index is 14.2. The molecule has 0 radical (unpaired) electrons. The van der Waals surface area contributed by atoms with Gasteiger partial charge in [0.25, 0.3) is 5.91 Å². The lowest BCUT2D eigenvalue weighted by Gasteiger charge is -2.42. The van der Waals surface area contributed by atoms with E-state index in [1.807, 2.05) is 60.7 Å². The SMILES string of the molecule is CCNc1cc2c(cc1C)C1(c3cc(C)c(NCC)cc3O2)c2ccccc2C(=O)N1N=CC=Nc1ccc(CCl)cc1. The Labute approximate surface area is 257 Å². The highest BCUT2D eigenvalue weighted by molar-refractivity contribution is 6.17. The summed E-state index contributed by atoms with van der Waals surface area (Å²) in [5.74, 6) is 1.62. The Kier molecular flexibility index (Phi) is 7.67. The van der Waals surface area contributed by atoms with Crippen LogP contribution in [0.3, 0.4) is 0 Å². The van der Waals surface area contributed by atoms with Gasteiger partial charge in [0.1, 0.15) is 17.0 Å². The fraction of sp³-hybridized carbons (Fsp3) is 0.229. The lowest BCUT2D eigenvalue weighted by molar-refractivity contribution is 0.0675. The van der Waals surface area contributed by atoms with Crippen molar-refractivity contribution < 1.29 is 9.53 Å². The van der Waals surface area contributed by atoms with E-state index in [2.05, 4.69) is 55.5 Å². The van der Waals surface area contributed by atoms with E-state index in [1.165, 1.54) is 0 Å². The second-order valence-electron chi connectivity index (χ2n) is 10.7. The smallest absolute Gasteiger partial charge is 0.275 e. The zero-order valence-corrected chi connectivity index (χ0v) is 25.5. The van der Waals surface area contributed by atoms with Gasteiger partial charge < -0.3 is 15.4 Å². The maximum Gasteiger partial charge on any atom is 0.275 e. The lowest BCUT2D eigenvalue weighted by atomic mass is 9.74. The molecule has 1 spiro atoms. The summed E-state index contributed by atoms with van der Waals surface area (Å²) in [6.07, 6.45) is 3.19. The first-order chi connectivity index (χ1) is 20.9. The average Bonchev–Trinajstić information content (AvgIpc) is 3.26. The molecular formula is C35H34ClN5O2. The quantitative estimate of drug-likeness (QED) is 0.160. The summed E-state index contributed by atoms with van der Waals surface area (Å²) >= 11 is 5.93. The number of hydrogen-bond acceptors (Lipinski definition) is 6. The molecule has 0 aliphatic carbocycles. The summed E-state index contributed by atoms with van der Waals surface area (Å²) in [6.45, 7) is 9.82. The van der Waals surface area contributed by atoms with E-state index in [1.54, 1.807) is 17.4 Å². The molecule has 4 aromatic carbocycles. The molecule has 0 atom stereocenters. The molecule has 218 valence electrons. The molecule has 0 saturated carbocycles. The largest absolute Gasteiger partial charge is 0.456 e. The number of halogens is 1. The number of fused-ring (bicyclic) bond motifs is 6. The number of benzene rings is 4. The second kappa shape index (κ2) is 11.6. The summed E-state index contributed by atoms with van der Waals surface area (Å²) in [5.41, 5.74) is 8.01. The Balaban J connectivity index is 1.57. The first kappa shape index (κ1) is 28.5. The van der Waals surface area contributed by atoms with Crippen LogP contribution < -0.4 is 15.4 Å². The molecule has 43 heavy (non-hydrogen) atoms. The molecule has 0 saturated heterocycles. The zero-order valence-electron chi connectivity index (χ0n) is 24.7. The van der Waals surface area contributed by atoms with E-state index < -0.39 is 5.54 Å². The monoisotopic (exact) mass is 591 g/mol. The number of amides is 1. The van der Waals surface area contributed by atoms with E-state index in [4.69, 9.17) is 21.4 Å². The van der Waals surface area contributed by atoms with Gasteiger partial charge in [-0.1, -0.05) is 30.3 Å². The average molecular weight is 592 g/mol. The van der Waals surface area contributed by atoms with Gasteiger partial charge in [0, 0.05) is 70.9 Å². The minimum absolute atomic E-state index is 0.188. The number of hydrazone groups is 1. The minimum atomic E-state index is -1.05. The van der Waals surface area contributed by atoms with Crippen molar-refractivity contribution in [3.05, 3.63) is 112 Å². The van der Waals surface area contributed by atoms with Crippen molar-refractivity contribution in [2.24, 2.45) is 10.1 Å². The van der Waals surface area contributed by atoms with Crippen LogP contribution in [-0.4, -0.2) is 36.4 Å². The summed E-state index contributed by atoms with van der Waals surface area (Å²) in [7, 11) is 0. The Morgan fingerprint density at radius 3 is 2.02 bits per heavy atom. The van der Waals surface area contributed by atoms with Crippen LogP contribution in [0.25, 0.3) is 0 Å². The number of ether oxygens (including phenoxy) is 1. The normalized spacial score (nSPS) is 14.6. The highest BCUT2D eigenvalue weighted by Gasteiger charge is 2.57. The molecule has 0 unspecified atom stereocenters. The van der Waals surface area contributed by atoms with Crippen LogP contribution in [0.1, 0.15) is 57.6 Å². The predicted molar refractivity (Wildman–Crippen MR) is 176 cm³/mol. The fourth-order valence-electron chi connectivity index (χ4n) is 6.05. The molecule has 2 N–H and O–H groups in total. The van der Waals surface area contributed by atoms with E-state index in [0.29, 0.717) is 22.9 Å². The van der Waals surface area contributed by atoms with Crippen molar-refractivity contribution in [2.75, 3.05) is 23.7 Å². The fourth-order valence-corrected chi connectivity index (χ4v) is 6.22. The molecule has 2 heterocycles. The summed E-state index contributed by atoms with van der Waals surface area (Å²) in [4.78, 5) is 18.8. The van der Waals surface area contributed by atoms with Crippen LogP contribution in [0.5, 0.6) is 11.5 Å². The molecule has 0 aromatic heterocycles. The first-order valence-corrected chi connectivity index (χ1v) is 15.1. The van der Waals surface area contributed by atoms with E-state index in [9.17, 15) is 4.79 Å². The Hall–Kier alpha value is -4.62. The van der Waals surface area contributed by atoms with Crippen molar-refractivity contribution in [3.8, 4) is 11.5 Å². The molecule has 6 rings (SSSR count). The molecule has 8 heteroatoms. The topological polar surface area (TPSA) is 78.3 Å². The minimum Gasteiger partial charge on any atom is -0.456 e. The molecule has 7 nitrogen and oxygen atoms in total. The Morgan fingerprint density at radius 2 is 1.44 bits per heavy atom. The van der Waals surface area contributed by atoms with Crippen LogP contribution in [0.2, 0.25) is 0 Å². The third kappa shape index (κ3) is 4.74. The van der Waals surface area contributed by atoms with Gasteiger partial charge in [-0.2, -0.15) is 5.10 Å². The molecule has 2 aliphatic heterocycles. The van der Waals surface area contributed by atoms with Gasteiger partial charge in [-0.15, -0.1) is 11.6 Å². The second-order valence-corrected chi connectivity index (χ2v) is 11.0. The van der Waals surface area contributed by atoms with Crippen LogP contribution in [-0.2, 0) is 11.4 Å². The van der Waals surface area contributed by atoms with E-state index in [0.717, 1.165) is 63.5 Å². The van der Waals surface area contributed by atoms with Crippen molar-refractivity contribution in [3.63, 3.8) is 0 Å². The molecule has 0 bridgehead atoms. The Morgan fingerprint density at radius 1 is 0.837 bits per heavy atom. The van der Waals surface area contributed by atoms with Gasteiger partial charge in [0.2, 0.25) is 0 Å². The lowest BCUT2D eigenvalue weighted by Crippen LogP contribution is -2.44. The summed E-state index contributed by atoms with van der Waals surface area (Å²) in [6, 6.07) is 23.8. The van der Waals surface area contributed by atoms with Gasteiger partial charge >= 0.3 is 0 Å². The van der Waals surface area contributed by atoms with Crippen LogP contribution >= 0.6 is 11.6 Å². The molecule has 2 aliphatic rings. The first-order valence-electron chi connectivity index (χ1n) is 14.5. The number of anilines is 2. The molecular weight excluding hydrogens is 558 g/mol. The van der Waals surface area contributed by atoms with E-state index >= 15 is 0 Å². The number of nitrogens with one attached hydrogen (secondary N) is 2. The maximum atomic E-state index is 14.2. The van der Waals surface area contributed by atoms with Crippen LogP contribution in [0.4, 0.5) is 17.1 Å². The Bertz CT molecular complexity index is 1700. The third-order valence-corrected chi connectivity index (χ3v) is 8.32.